The summed E-state index contributed by atoms with van der Waals surface area (Å²) in [6.45, 7) is 2.31. The molecule has 0 bridgehead atoms. The number of anilines is 2. The maximum Gasteiger partial charge on any atom is 0.139 e. The van der Waals surface area contributed by atoms with Crippen LogP contribution in [0.4, 0.5) is 15.8 Å². The SMILES string of the molecule is Cc1cnc(CNc2cc(F)c(Br)cc2N)cn1. The molecule has 1 aromatic carbocycles. The van der Waals surface area contributed by atoms with Crippen molar-refractivity contribution in [1.82, 2.24) is 9.97 Å². The summed E-state index contributed by atoms with van der Waals surface area (Å²) < 4.78 is 13.7. The number of aromatic nitrogens is 2. The fourth-order valence-corrected chi connectivity index (χ4v) is 1.77. The monoisotopic (exact) mass is 310 g/mol. The zero-order chi connectivity index (χ0) is 13.1. The van der Waals surface area contributed by atoms with Gasteiger partial charge in [-0.15, -0.1) is 0 Å². The van der Waals surface area contributed by atoms with E-state index in [9.17, 15) is 4.39 Å². The van der Waals surface area contributed by atoms with E-state index in [4.69, 9.17) is 5.73 Å². The Morgan fingerprint density at radius 1 is 1.33 bits per heavy atom. The van der Waals surface area contributed by atoms with Gasteiger partial charge in [-0.2, -0.15) is 0 Å². The molecule has 2 aromatic rings. The first-order chi connectivity index (χ1) is 8.56. The lowest BCUT2D eigenvalue weighted by molar-refractivity contribution is 0.622. The van der Waals surface area contributed by atoms with E-state index in [1.165, 1.54) is 12.1 Å². The first-order valence-corrected chi connectivity index (χ1v) is 6.11. The maximum atomic E-state index is 13.4. The summed E-state index contributed by atoms with van der Waals surface area (Å²) >= 11 is 3.08. The molecular weight excluding hydrogens is 299 g/mol. The number of hydrogen-bond donors (Lipinski definition) is 2. The standard InChI is InChI=1S/C12H12BrFN4/c1-7-4-17-8(5-16-7)6-18-12-3-10(14)9(13)2-11(12)15/h2-5,18H,6,15H2,1H3. The van der Waals surface area contributed by atoms with Crippen molar-refractivity contribution in [2.24, 2.45) is 0 Å². The average Bonchev–Trinajstić information content (AvgIpc) is 2.34. The lowest BCUT2D eigenvalue weighted by Gasteiger charge is -2.09. The third-order valence-corrected chi connectivity index (χ3v) is 2.99. The van der Waals surface area contributed by atoms with Crippen LogP contribution < -0.4 is 11.1 Å². The Hall–Kier alpha value is -1.69. The van der Waals surface area contributed by atoms with Gasteiger partial charge in [0.05, 0.1) is 40.0 Å². The van der Waals surface area contributed by atoms with Gasteiger partial charge in [0.2, 0.25) is 0 Å². The minimum absolute atomic E-state index is 0.348. The number of benzene rings is 1. The largest absolute Gasteiger partial charge is 0.397 e. The minimum Gasteiger partial charge on any atom is -0.397 e. The fourth-order valence-electron chi connectivity index (χ4n) is 1.41. The lowest BCUT2D eigenvalue weighted by atomic mass is 10.2. The van der Waals surface area contributed by atoms with Gasteiger partial charge >= 0.3 is 0 Å². The number of nitrogen functional groups attached to an aromatic ring is 1. The number of nitrogens with one attached hydrogen (secondary N) is 1. The van der Waals surface area contributed by atoms with E-state index >= 15 is 0 Å². The summed E-state index contributed by atoms with van der Waals surface area (Å²) in [7, 11) is 0. The molecule has 0 saturated carbocycles. The predicted octanol–water partition coefficient (Wildman–Crippen LogP) is 2.88. The van der Waals surface area contributed by atoms with Crippen molar-refractivity contribution < 1.29 is 4.39 Å². The molecule has 1 heterocycles. The van der Waals surface area contributed by atoms with Crippen LogP contribution in [-0.4, -0.2) is 9.97 Å². The van der Waals surface area contributed by atoms with Crippen LogP contribution in [0.3, 0.4) is 0 Å². The van der Waals surface area contributed by atoms with E-state index in [-0.39, 0.29) is 5.82 Å². The van der Waals surface area contributed by atoms with Gasteiger partial charge in [0.1, 0.15) is 5.82 Å². The van der Waals surface area contributed by atoms with Gasteiger partial charge in [-0.25, -0.2) is 4.39 Å². The Bertz CT molecular complexity index is 557. The van der Waals surface area contributed by atoms with Crippen molar-refractivity contribution in [3.8, 4) is 0 Å². The van der Waals surface area contributed by atoms with E-state index in [0.29, 0.717) is 22.4 Å². The number of nitrogens with two attached hydrogens (primary N) is 1. The molecule has 3 N–H and O–H groups in total. The van der Waals surface area contributed by atoms with E-state index in [0.717, 1.165) is 11.4 Å². The third kappa shape index (κ3) is 2.95. The van der Waals surface area contributed by atoms with Crippen LogP contribution in [-0.2, 0) is 6.54 Å². The van der Waals surface area contributed by atoms with Gasteiger partial charge in [-0.05, 0) is 28.9 Å². The molecule has 0 aliphatic carbocycles. The van der Waals surface area contributed by atoms with Gasteiger partial charge in [0.15, 0.2) is 0 Å². The van der Waals surface area contributed by atoms with E-state index in [1.807, 2.05) is 6.92 Å². The molecule has 0 amide bonds. The number of hydrogen-bond acceptors (Lipinski definition) is 4. The first-order valence-electron chi connectivity index (χ1n) is 5.32. The maximum absolute atomic E-state index is 13.4. The Balaban J connectivity index is 2.10. The second-order valence-electron chi connectivity index (χ2n) is 3.86. The van der Waals surface area contributed by atoms with Crippen molar-refractivity contribution >= 4 is 27.3 Å². The molecule has 0 unspecified atom stereocenters. The Morgan fingerprint density at radius 3 is 2.78 bits per heavy atom. The fraction of sp³-hybridized carbons (Fsp3) is 0.167. The highest BCUT2D eigenvalue weighted by Crippen LogP contribution is 2.26. The van der Waals surface area contributed by atoms with Crippen LogP contribution in [0.15, 0.2) is 29.0 Å². The molecule has 0 radical (unpaired) electrons. The number of rotatable bonds is 3. The first kappa shape index (κ1) is 12.8. The van der Waals surface area contributed by atoms with Gasteiger partial charge in [-0.3, -0.25) is 9.97 Å². The summed E-state index contributed by atoms with van der Waals surface area (Å²) in [4.78, 5) is 8.32. The van der Waals surface area contributed by atoms with Crippen LogP contribution in [0.25, 0.3) is 0 Å². The molecule has 4 nitrogen and oxygen atoms in total. The average molecular weight is 311 g/mol. The molecule has 0 fully saturated rings. The molecule has 0 spiro atoms. The van der Waals surface area contributed by atoms with E-state index in [2.05, 4.69) is 31.2 Å². The molecule has 1 aromatic heterocycles. The van der Waals surface area contributed by atoms with Crippen LogP contribution >= 0.6 is 15.9 Å². The summed E-state index contributed by atoms with van der Waals surface area (Å²) in [6, 6.07) is 2.87. The van der Waals surface area contributed by atoms with Crippen molar-refractivity contribution in [3.63, 3.8) is 0 Å². The molecule has 0 aliphatic heterocycles. The Morgan fingerprint density at radius 2 is 2.11 bits per heavy atom. The molecule has 0 aliphatic rings. The zero-order valence-electron chi connectivity index (χ0n) is 9.74. The van der Waals surface area contributed by atoms with Crippen LogP contribution in [0.1, 0.15) is 11.4 Å². The van der Waals surface area contributed by atoms with Crippen LogP contribution in [0.5, 0.6) is 0 Å². The predicted molar refractivity (Wildman–Crippen MR) is 72.6 cm³/mol. The molecule has 0 saturated heterocycles. The highest BCUT2D eigenvalue weighted by molar-refractivity contribution is 9.10. The van der Waals surface area contributed by atoms with Gasteiger partial charge < -0.3 is 11.1 Å². The number of halogens is 2. The summed E-state index contributed by atoms with van der Waals surface area (Å²) in [5.74, 6) is -0.360. The van der Waals surface area contributed by atoms with Crippen LogP contribution in [0, 0.1) is 12.7 Å². The van der Waals surface area contributed by atoms with Gasteiger partial charge in [0, 0.05) is 12.3 Å². The summed E-state index contributed by atoms with van der Waals surface area (Å²) in [5, 5.41) is 3.03. The zero-order valence-corrected chi connectivity index (χ0v) is 11.3. The normalized spacial score (nSPS) is 10.4. The number of aryl methyl sites for hydroxylation is 1. The molecular formula is C12H12BrFN4. The Labute approximate surface area is 113 Å². The minimum atomic E-state index is -0.360. The molecule has 0 atom stereocenters. The van der Waals surface area contributed by atoms with Crippen molar-refractivity contribution in [2.75, 3.05) is 11.1 Å². The van der Waals surface area contributed by atoms with Gasteiger partial charge in [-0.1, -0.05) is 0 Å². The topological polar surface area (TPSA) is 63.8 Å². The molecule has 2 rings (SSSR count). The van der Waals surface area contributed by atoms with Crippen molar-refractivity contribution in [2.45, 2.75) is 13.5 Å². The Kier molecular flexibility index (Phi) is 3.76. The van der Waals surface area contributed by atoms with Crippen molar-refractivity contribution in [3.05, 3.63) is 46.2 Å². The highest BCUT2D eigenvalue weighted by Gasteiger charge is 2.06. The summed E-state index contributed by atoms with van der Waals surface area (Å²) in [6.07, 6.45) is 3.36. The molecule has 94 valence electrons. The van der Waals surface area contributed by atoms with Crippen LogP contribution in [0.2, 0.25) is 0 Å². The van der Waals surface area contributed by atoms with Gasteiger partial charge in [0.25, 0.3) is 0 Å². The smallest absolute Gasteiger partial charge is 0.139 e. The third-order valence-electron chi connectivity index (χ3n) is 2.39. The molecule has 18 heavy (non-hydrogen) atoms. The van der Waals surface area contributed by atoms with E-state index in [1.54, 1.807) is 12.4 Å². The van der Waals surface area contributed by atoms with E-state index < -0.39 is 0 Å². The highest BCUT2D eigenvalue weighted by atomic mass is 79.9. The quantitative estimate of drug-likeness (QED) is 0.856. The molecule has 6 heteroatoms. The lowest BCUT2D eigenvalue weighted by Crippen LogP contribution is -2.05. The second-order valence-corrected chi connectivity index (χ2v) is 4.71. The second kappa shape index (κ2) is 5.30. The summed E-state index contributed by atoms with van der Waals surface area (Å²) in [5.41, 5.74) is 8.42. The number of nitrogens with zero attached hydrogens (tertiary/aromatic N) is 2. The van der Waals surface area contributed by atoms with Crippen molar-refractivity contribution in [1.29, 1.82) is 0 Å².